The first-order chi connectivity index (χ1) is 46.7. The summed E-state index contributed by atoms with van der Waals surface area (Å²) in [5, 5.41) is 10.6. The minimum absolute atomic E-state index is 0.0788. The molecule has 0 aliphatic heterocycles. The van der Waals surface area contributed by atoms with E-state index in [1.54, 1.807) is 0 Å². The van der Waals surface area contributed by atoms with Gasteiger partial charge in [0.25, 0.3) is 0 Å². The third kappa shape index (κ3) is 68.5. The van der Waals surface area contributed by atoms with Gasteiger partial charge in [0.2, 0.25) is 0 Å². The van der Waals surface area contributed by atoms with Gasteiger partial charge in [-0.3, -0.25) is 37.3 Å². The number of hydrogen-bond acceptors (Lipinski definition) is 15. The Hall–Kier alpha value is -4.02. The lowest BCUT2D eigenvalue weighted by Gasteiger charge is -2.21. The van der Waals surface area contributed by atoms with E-state index in [0.717, 1.165) is 173 Å². The van der Waals surface area contributed by atoms with Gasteiger partial charge in [0.1, 0.15) is 19.3 Å². The van der Waals surface area contributed by atoms with Crippen molar-refractivity contribution >= 4 is 39.5 Å². The van der Waals surface area contributed by atoms with Gasteiger partial charge in [-0.2, -0.15) is 0 Å². The van der Waals surface area contributed by atoms with Crippen molar-refractivity contribution in [3.63, 3.8) is 0 Å². The maximum atomic E-state index is 13.1. The van der Waals surface area contributed by atoms with Gasteiger partial charge >= 0.3 is 39.5 Å². The van der Waals surface area contributed by atoms with Gasteiger partial charge in [-0.1, -0.05) is 240 Å². The van der Waals surface area contributed by atoms with Crippen molar-refractivity contribution in [2.45, 2.75) is 329 Å². The number of carbonyl (C=O) groups excluding carboxylic acids is 4. The average Bonchev–Trinajstić information content (AvgIpc) is 1.17. The summed E-state index contributed by atoms with van der Waals surface area (Å²) in [4.78, 5) is 72.7. The fourth-order valence-corrected chi connectivity index (χ4v) is 11.3. The molecule has 0 rings (SSSR count). The second-order valence-electron chi connectivity index (χ2n) is 24.8. The molecular weight excluding hydrogens is 1260 g/mol. The standard InChI is InChI=1S/C77H134O17P2/c1-5-9-13-17-21-25-29-32-34-35-37-40-43-46-50-54-58-62-75(80)88-68-73(94-77(82)64-60-56-52-48-44-38-31-27-23-19-15-11-7-3)70-92-96(85,86)90-66-71(78)65-89-95(83,84)91-69-72(93-76(81)63-59-55-51-47-41-28-24-20-16-12-8-4)67-87-74(79)61-57-53-49-45-42-39-36-33-30-26-22-18-14-10-6-2/h9,13,20-22,24-27,31-34,36-37,40,71-73,78H,5-8,10-12,14-19,23,28-30,35,38-39,41-70H2,1-4H3,(H,83,84)(H,85,86)/b13-9-,24-20-,25-21-,26-22-,31-27-,34-32-,36-33-,40-37-. The van der Waals surface area contributed by atoms with Crippen LogP contribution in [-0.4, -0.2) is 96.7 Å². The molecule has 0 bridgehead atoms. The molecule has 17 nitrogen and oxygen atoms in total. The van der Waals surface area contributed by atoms with Crippen molar-refractivity contribution in [1.82, 2.24) is 0 Å². The first-order valence-corrected chi connectivity index (χ1v) is 40.5. The Kier molecular flexibility index (Phi) is 66.6. The maximum absolute atomic E-state index is 13.1. The molecule has 0 aliphatic rings. The molecule has 0 aromatic heterocycles. The van der Waals surface area contributed by atoms with Crippen LogP contribution in [0.4, 0.5) is 0 Å². The first kappa shape index (κ1) is 92.0. The minimum Gasteiger partial charge on any atom is -0.462 e. The number of aliphatic hydroxyl groups is 1. The van der Waals surface area contributed by atoms with Gasteiger partial charge < -0.3 is 33.8 Å². The fraction of sp³-hybridized carbons (Fsp3) is 0.740. The SMILES string of the molecule is CC/C=C\C/C=C\C/C=C\C/C=C\CCCCCCC(=O)OCC(COP(=O)(O)OCC(O)COP(=O)(O)OCC(COC(=O)CCCCCCC/C=C\C/C=C\CCCCC)OC(=O)CCCCCCC/C=C\CCCC)OC(=O)CCCCCCC/C=C\CCCCCC. The number of phosphoric ester groups is 2. The van der Waals surface area contributed by atoms with Crippen LogP contribution in [0.5, 0.6) is 0 Å². The molecule has 0 fully saturated rings. The van der Waals surface area contributed by atoms with Gasteiger partial charge in [-0.25, -0.2) is 9.13 Å². The van der Waals surface area contributed by atoms with E-state index in [9.17, 15) is 43.2 Å². The monoisotopic (exact) mass is 1390 g/mol. The summed E-state index contributed by atoms with van der Waals surface area (Å²) >= 11 is 0. The van der Waals surface area contributed by atoms with E-state index in [1.165, 1.54) is 57.8 Å². The van der Waals surface area contributed by atoms with Crippen LogP contribution < -0.4 is 0 Å². The van der Waals surface area contributed by atoms with Crippen LogP contribution in [-0.2, 0) is 65.4 Å². The molecule has 19 heteroatoms. The molecule has 0 heterocycles. The molecule has 0 amide bonds. The third-order valence-corrected chi connectivity index (χ3v) is 17.4. The Labute approximate surface area is 582 Å². The number of phosphoric acid groups is 2. The van der Waals surface area contributed by atoms with Crippen molar-refractivity contribution in [2.75, 3.05) is 39.6 Å². The number of unbranched alkanes of at least 4 members (excludes halogenated alkanes) is 28. The van der Waals surface area contributed by atoms with Crippen molar-refractivity contribution in [2.24, 2.45) is 0 Å². The van der Waals surface area contributed by atoms with Gasteiger partial charge in [0.15, 0.2) is 12.2 Å². The molecule has 0 saturated heterocycles. The lowest BCUT2D eigenvalue weighted by atomic mass is 10.1. The minimum atomic E-state index is -4.98. The molecule has 554 valence electrons. The quantitative estimate of drug-likeness (QED) is 0.0169. The predicted octanol–water partition coefficient (Wildman–Crippen LogP) is 21.2. The maximum Gasteiger partial charge on any atom is 0.472 e. The fourth-order valence-electron chi connectivity index (χ4n) is 9.75. The van der Waals surface area contributed by atoms with E-state index in [2.05, 4.69) is 125 Å². The van der Waals surface area contributed by atoms with Crippen molar-refractivity contribution in [1.29, 1.82) is 0 Å². The number of aliphatic hydroxyl groups excluding tert-OH is 1. The van der Waals surface area contributed by atoms with Crippen molar-refractivity contribution in [3.8, 4) is 0 Å². The van der Waals surface area contributed by atoms with Gasteiger partial charge in [-0.15, -0.1) is 0 Å². The van der Waals surface area contributed by atoms with Crippen LogP contribution in [0.25, 0.3) is 0 Å². The van der Waals surface area contributed by atoms with E-state index in [-0.39, 0.29) is 25.7 Å². The first-order valence-electron chi connectivity index (χ1n) is 37.5. The Bertz CT molecular complexity index is 2200. The summed E-state index contributed by atoms with van der Waals surface area (Å²) in [6, 6.07) is 0. The lowest BCUT2D eigenvalue weighted by Crippen LogP contribution is -2.30. The van der Waals surface area contributed by atoms with Crippen LogP contribution in [0.1, 0.15) is 310 Å². The zero-order valence-corrected chi connectivity index (χ0v) is 62.1. The zero-order chi connectivity index (χ0) is 70.4. The smallest absolute Gasteiger partial charge is 0.462 e. The summed E-state index contributed by atoms with van der Waals surface area (Å²) in [5.74, 6) is -2.23. The Balaban J connectivity index is 5.35. The highest BCUT2D eigenvalue weighted by Gasteiger charge is 2.30. The van der Waals surface area contributed by atoms with Gasteiger partial charge in [-0.05, 0) is 141 Å². The molecule has 0 radical (unpaired) electrons. The summed E-state index contributed by atoms with van der Waals surface area (Å²) in [6.45, 7) is 4.62. The van der Waals surface area contributed by atoms with E-state index >= 15 is 0 Å². The van der Waals surface area contributed by atoms with E-state index in [4.69, 9.17) is 37.0 Å². The zero-order valence-electron chi connectivity index (χ0n) is 60.3. The summed E-state index contributed by atoms with van der Waals surface area (Å²) in [6.07, 6.45) is 71.2. The average molecular weight is 1390 g/mol. The largest absolute Gasteiger partial charge is 0.472 e. The molecule has 5 atom stereocenters. The van der Waals surface area contributed by atoms with Gasteiger partial charge in [0, 0.05) is 25.7 Å². The molecular formula is C77H134O17P2. The number of hydrogen-bond donors (Lipinski definition) is 3. The number of esters is 4. The lowest BCUT2D eigenvalue weighted by molar-refractivity contribution is -0.161. The normalized spacial score (nSPS) is 14.5. The van der Waals surface area contributed by atoms with Crippen LogP contribution in [0.3, 0.4) is 0 Å². The summed E-state index contributed by atoms with van der Waals surface area (Å²) < 4.78 is 68.3. The second kappa shape index (κ2) is 69.5. The number of rotatable bonds is 70. The number of ether oxygens (including phenoxy) is 4. The van der Waals surface area contributed by atoms with E-state index in [0.29, 0.717) is 25.7 Å². The van der Waals surface area contributed by atoms with Crippen LogP contribution in [0, 0.1) is 0 Å². The van der Waals surface area contributed by atoms with Crippen LogP contribution >= 0.6 is 15.6 Å². The molecule has 0 aliphatic carbocycles. The number of carbonyl (C=O) groups is 4. The molecule has 0 saturated carbocycles. The molecule has 96 heavy (non-hydrogen) atoms. The number of allylic oxidation sites excluding steroid dienone is 16. The predicted molar refractivity (Wildman–Crippen MR) is 390 cm³/mol. The molecule has 5 unspecified atom stereocenters. The van der Waals surface area contributed by atoms with Crippen molar-refractivity contribution in [3.05, 3.63) is 97.2 Å². The highest BCUT2D eigenvalue weighted by molar-refractivity contribution is 7.47. The molecule has 3 N–H and O–H groups in total. The topological polar surface area (TPSA) is 237 Å². The van der Waals surface area contributed by atoms with Crippen LogP contribution in [0.15, 0.2) is 97.2 Å². The highest BCUT2D eigenvalue weighted by atomic mass is 31.2. The van der Waals surface area contributed by atoms with Gasteiger partial charge in [0.05, 0.1) is 26.4 Å². The summed E-state index contributed by atoms with van der Waals surface area (Å²) in [7, 11) is -9.95. The Morgan fingerprint density at radius 3 is 0.896 bits per heavy atom. The van der Waals surface area contributed by atoms with Crippen LogP contribution in [0.2, 0.25) is 0 Å². The third-order valence-electron chi connectivity index (χ3n) is 15.5. The molecule has 0 aromatic carbocycles. The van der Waals surface area contributed by atoms with E-state index in [1.807, 2.05) is 0 Å². The highest BCUT2D eigenvalue weighted by Crippen LogP contribution is 2.45. The Morgan fingerprint density at radius 2 is 0.552 bits per heavy atom. The Morgan fingerprint density at radius 1 is 0.302 bits per heavy atom. The van der Waals surface area contributed by atoms with E-state index < -0.39 is 97.5 Å². The molecule has 0 spiro atoms. The molecule has 0 aromatic rings. The summed E-state index contributed by atoms with van der Waals surface area (Å²) in [5.41, 5.74) is 0. The van der Waals surface area contributed by atoms with Crippen molar-refractivity contribution < 1.29 is 80.2 Å². The second-order valence-corrected chi connectivity index (χ2v) is 27.8.